The first-order valence-corrected chi connectivity index (χ1v) is 8.70. The van der Waals surface area contributed by atoms with Crippen LogP contribution in [-0.2, 0) is 22.4 Å². The maximum Gasteiger partial charge on any atom is 0.242 e. The van der Waals surface area contributed by atoms with Gasteiger partial charge in [0.25, 0.3) is 0 Å². The van der Waals surface area contributed by atoms with Crippen LogP contribution < -0.4 is 10.9 Å². The van der Waals surface area contributed by atoms with Crippen LogP contribution in [0.2, 0.25) is 0 Å². The Kier molecular flexibility index (Phi) is 4.58. The molecular weight excluding hydrogens is 340 g/mol. The number of hydrogen-bond donors (Lipinski definition) is 2. The second-order valence-electron chi connectivity index (χ2n) is 6.36. The summed E-state index contributed by atoms with van der Waals surface area (Å²) in [6, 6.07) is 21.2. The monoisotopic (exact) mass is 358 g/mol. The van der Waals surface area contributed by atoms with Crippen molar-refractivity contribution in [1.82, 2.24) is 10.9 Å². The largest absolute Gasteiger partial charge is 0.464 e. The van der Waals surface area contributed by atoms with Crippen molar-refractivity contribution >= 4 is 33.6 Å². The van der Waals surface area contributed by atoms with Gasteiger partial charge in [0.05, 0.1) is 19.1 Å². The quantitative estimate of drug-likeness (QED) is 0.548. The SMILES string of the molecule is O=C(Cc1ccccc1)NNC(=O)Cc1coc2ccc3ccccc3c12. The van der Waals surface area contributed by atoms with Gasteiger partial charge in [0.2, 0.25) is 11.8 Å². The van der Waals surface area contributed by atoms with E-state index in [0.717, 1.165) is 32.9 Å². The highest BCUT2D eigenvalue weighted by molar-refractivity contribution is 6.08. The number of amides is 2. The molecule has 27 heavy (non-hydrogen) atoms. The molecule has 0 aliphatic rings. The van der Waals surface area contributed by atoms with Gasteiger partial charge in [-0.1, -0.05) is 60.7 Å². The van der Waals surface area contributed by atoms with Crippen LogP contribution in [-0.4, -0.2) is 11.8 Å². The lowest BCUT2D eigenvalue weighted by molar-refractivity contribution is -0.128. The highest BCUT2D eigenvalue weighted by Gasteiger charge is 2.13. The number of hydrazine groups is 1. The molecule has 3 aromatic carbocycles. The van der Waals surface area contributed by atoms with Gasteiger partial charge in [-0.3, -0.25) is 20.4 Å². The molecule has 0 atom stereocenters. The third-order valence-electron chi connectivity index (χ3n) is 4.44. The fourth-order valence-corrected chi connectivity index (χ4v) is 3.19. The van der Waals surface area contributed by atoms with Crippen molar-refractivity contribution in [1.29, 1.82) is 0 Å². The molecule has 0 saturated carbocycles. The number of fused-ring (bicyclic) bond motifs is 3. The molecule has 2 amide bonds. The molecule has 1 heterocycles. The van der Waals surface area contributed by atoms with Crippen molar-refractivity contribution in [2.24, 2.45) is 0 Å². The average Bonchev–Trinajstić information content (AvgIpc) is 3.10. The number of hydrogen-bond acceptors (Lipinski definition) is 3. The number of carbonyl (C=O) groups is 2. The second kappa shape index (κ2) is 7.33. The molecule has 0 aliphatic carbocycles. The van der Waals surface area contributed by atoms with Crippen LogP contribution >= 0.6 is 0 Å². The Balaban J connectivity index is 1.44. The van der Waals surface area contributed by atoms with Crippen molar-refractivity contribution in [3.63, 3.8) is 0 Å². The minimum Gasteiger partial charge on any atom is -0.464 e. The van der Waals surface area contributed by atoms with Crippen LogP contribution in [0, 0.1) is 0 Å². The molecule has 4 aromatic rings. The normalized spacial score (nSPS) is 10.8. The molecule has 134 valence electrons. The smallest absolute Gasteiger partial charge is 0.242 e. The molecule has 0 saturated heterocycles. The Morgan fingerprint density at radius 1 is 0.778 bits per heavy atom. The van der Waals surface area contributed by atoms with Crippen molar-refractivity contribution in [2.45, 2.75) is 12.8 Å². The van der Waals surface area contributed by atoms with Crippen molar-refractivity contribution < 1.29 is 14.0 Å². The third kappa shape index (κ3) is 3.67. The first-order chi connectivity index (χ1) is 13.2. The van der Waals surface area contributed by atoms with E-state index >= 15 is 0 Å². The first-order valence-electron chi connectivity index (χ1n) is 8.70. The van der Waals surface area contributed by atoms with E-state index in [9.17, 15) is 9.59 Å². The summed E-state index contributed by atoms with van der Waals surface area (Å²) in [6.07, 6.45) is 1.93. The van der Waals surface area contributed by atoms with Crippen molar-refractivity contribution in [2.75, 3.05) is 0 Å². The summed E-state index contributed by atoms with van der Waals surface area (Å²) in [5.74, 6) is -0.566. The van der Waals surface area contributed by atoms with Gasteiger partial charge in [0.1, 0.15) is 5.58 Å². The van der Waals surface area contributed by atoms with Gasteiger partial charge < -0.3 is 4.42 Å². The van der Waals surface area contributed by atoms with E-state index in [0.29, 0.717) is 0 Å². The van der Waals surface area contributed by atoms with Gasteiger partial charge >= 0.3 is 0 Å². The number of benzene rings is 3. The zero-order valence-electron chi connectivity index (χ0n) is 14.6. The predicted molar refractivity (Wildman–Crippen MR) is 104 cm³/mol. The molecule has 0 bridgehead atoms. The van der Waals surface area contributed by atoms with Gasteiger partial charge in [-0.05, 0) is 22.4 Å². The minimum absolute atomic E-state index is 0.118. The van der Waals surface area contributed by atoms with Gasteiger partial charge in [-0.25, -0.2) is 0 Å². The van der Waals surface area contributed by atoms with E-state index in [2.05, 4.69) is 10.9 Å². The summed E-state index contributed by atoms with van der Waals surface area (Å²) >= 11 is 0. The van der Waals surface area contributed by atoms with E-state index in [1.54, 1.807) is 6.26 Å². The van der Waals surface area contributed by atoms with Gasteiger partial charge in [-0.2, -0.15) is 0 Å². The summed E-state index contributed by atoms with van der Waals surface area (Å²) < 4.78 is 5.60. The van der Waals surface area contributed by atoms with Gasteiger partial charge in [0.15, 0.2) is 0 Å². The van der Waals surface area contributed by atoms with Crippen LogP contribution in [0.4, 0.5) is 0 Å². The summed E-state index contributed by atoms with van der Waals surface area (Å²) in [7, 11) is 0. The maximum absolute atomic E-state index is 12.3. The van der Waals surface area contributed by atoms with E-state index in [4.69, 9.17) is 4.42 Å². The molecule has 0 radical (unpaired) electrons. The number of furan rings is 1. The summed E-state index contributed by atoms with van der Waals surface area (Å²) in [4.78, 5) is 24.2. The first kappa shape index (κ1) is 16.8. The Hall–Kier alpha value is -3.60. The van der Waals surface area contributed by atoms with Crippen LogP contribution in [0.25, 0.3) is 21.7 Å². The molecule has 0 fully saturated rings. The topological polar surface area (TPSA) is 71.3 Å². The van der Waals surface area contributed by atoms with E-state index in [-0.39, 0.29) is 24.7 Å². The molecule has 0 spiro atoms. The predicted octanol–water partition coefficient (Wildman–Crippen LogP) is 3.52. The van der Waals surface area contributed by atoms with E-state index in [1.807, 2.05) is 66.7 Å². The minimum atomic E-state index is -0.299. The summed E-state index contributed by atoms with van der Waals surface area (Å²) in [5.41, 5.74) is 7.35. The lowest BCUT2D eigenvalue weighted by Crippen LogP contribution is -2.43. The Bertz CT molecular complexity index is 1120. The lowest BCUT2D eigenvalue weighted by Gasteiger charge is -2.07. The van der Waals surface area contributed by atoms with E-state index < -0.39 is 0 Å². The summed E-state index contributed by atoms with van der Waals surface area (Å²) in [5, 5.41) is 3.06. The number of rotatable bonds is 4. The van der Waals surface area contributed by atoms with Crippen LogP contribution in [0.15, 0.2) is 77.4 Å². The van der Waals surface area contributed by atoms with Crippen molar-refractivity contribution in [3.05, 3.63) is 84.1 Å². The highest BCUT2D eigenvalue weighted by Crippen LogP contribution is 2.30. The van der Waals surface area contributed by atoms with Crippen molar-refractivity contribution in [3.8, 4) is 0 Å². The van der Waals surface area contributed by atoms with Crippen LogP contribution in [0.3, 0.4) is 0 Å². The second-order valence-corrected chi connectivity index (χ2v) is 6.36. The molecule has 1 aromatic heterocycles. The highest BCUT2D eigenvalue weighted by atomic mass is 16.3. The molecule has 0 unspecified atom stereocenters. The Morgan fingerprint density at radius 2 is 1.48 bits per heavy atom. The Morgan fingerprint density at radius 3 is 2.30 bits per heavy atom. The third-order valence-corrected chi connectivity index (χ3v) is 4.44. The fraction of sp³-hybridized carbons (Fsp3) is 0.0909. The summed E-state index contributed by atoms with van der Waals surface area (Å²) in [6.45, 7) is 0. The zero-order valence-corrected chi connectivity index (χ0v) is 14.6. The number of nitrogens with one attached hydrogen (secondary N) is 2. The van der Waals surface area contributed by atoms with Crippen LogP contribution in [0.5, 0.6) is 0 Å². The number of carbonyl (C=O) groups excluding carboxylic acids is 2. The Labute approximate surface area is 155 Å². The van der Waals surface area contributed by atoms with Gasteiger partial charge in [0, 0.05) is 10.9 Å². The lowest BCUT2D eigenvalue weighted by atomic mass is 10.0. The molecule has 2 N–H and O–H groups in total. The molecule has 0 aliphatic heterocycles. The van der Waals surface area contributed by atoms with Crippen LogP contribution in [0.1, 0.15) is 11.1 Å². The van der Waals surface area contributed by atoms with Gasteiger partial charge in [-0.15, -0.1) is 0 Å². The van der Waals surface area contributed by atoms with E-state index in [1.165, 1.54) is 0 Å². The zero-order chi connectivity index (χ0) is 18.6. The molecule has 5 nitrogen and oxygen atoms in total. The fourth-order valence-electron chi connectivity index (χ4n) is 3.19. The molecular formula is C22H18N2O3. The standard InChI is InChI=1S/C22H18N2O3/c25-20(12-15-6-2-1-3-7-15)23-24-21(26)13-17-14-27-19-11-10-16-8-4-5-9-18(16)22(17)19/h1-11,14H,12-13H2,(H,23,25)(H,24,26). The molecule has 4 rings (SSSR count). The molecule has 5 heteroatoms. The average molecular weight is 358 g/mol. The maximum atomic E-state index is 12.3.